The Morgan fingerprint density at radius 3 is 2.94 bits per heavy atom. The SMILES string of the molecule is O=C(O)CSc1nncn1CC1(C2CC2)CC1. The van der Waals surface area contributed by atoms with E-state index in [0.717, 1.165) is 17.6 Å². The summed E-state index contributed by atoms with van der Waals surface area (Å²) in [5.41, 5.74) is 0.487. The third-order valence-electron chi connectivity index (χ3n) is 3.73. The zero-order valence-corrected chi connectivity index (χ0v) is 10.3. The van der Waals surface area contributed by atoms with Crippen LogP contribution >= 0.6 is 11.8 Å². The Morgan fingerprint density at radius 2 is 2.35 bits per heavy atom. The zero-order valence-electron chi connectivity index (χ0n) is 9.50. The third kappa shape index (κ3) is 2.31. The number of hydrogen-bond donors (Lipinski definition) is 1. The Labute approximate surface area is 104 Å². The Balaban J connectivity index is 1.66. The van der Waals surface area contributed by atoms with Gasteiger partial charge in [-0.15, -0.1) is 10.2 Å². The van der Waals surface area contributed by atoms with Crippen LogP contribution in [-0.4, -0.2) is 31.6 Å². The van der Waals surface area contributed by atoms with Crippen LogP contribution in [0.5, 0.6) is 0 Å². The van der Waals surface area contributed by atoms with Gasteiger partial charge >= 0.3 is 5.97 Å². The lowest BCUT2D eigenvalue weighted by Gasteiger charge is -2.15. The Hall–Kier alpha value is -1.04. The van der Waals surface area contributed by atoms with Gasteiger partial charge in [0, 0.05) is 6.54 Å². The van der Waals surface area contributed by atoms with Crippen molar-refractivity contribution in [2.24, 2.45) is 11.3 Å². The molecule has 2 fully saturated rings. The molecule has 0 aliphatic heterocycles. The predicted molar refractivity (Wildman–Crippen MR) is 62.8 cm³/mol. The molecule has 0 aromatic carbocycles. The van der Waals surface area contributed by atoms with Gasteiger partial charge in [-0.05, 0) is 37.0 Å². The van der Waals surface area contributed by atoms with E-state index in [9.17, 15) is 4.79 Å². The van der Waals surface area contributed by atoms with Crippen molar-refractivity contribution >= 4 is 17.7 Å². The van der Waals surface area contributed by atoms with E-state index in [0.29, 0.717) is 5.41 Å². The molecule has 6 heteroatoms. The van der Waals surface area contributed by atoms with Crippen LogP contribution in [0.3, 0.4) is 0 Å². The second-order valence-electron chi connectivity index (χ2n) is 5.06. The van der Waals surface area contributed by atoms with Crippen molar-refractivity contribution in [2.75, 3.05) is 5.75 Å². The summed E-state index contributed by atoms with van der Waals surface area (Å²) in [5, 5.41) is 17.3. The van der Waals surface area contributed by atoms with Crippen molar-refractivity contribution in [3.05, 3.63) is 6.33 Å². The number of rotatable bonds is 6. The molecule has 3 rings (SSSR count). The van der Waals surface area contributed by atoms with Gasteiger partial charge in [0.15, 0.2) is 5.16 Å². The molecule has 1 aromatic rings. The molecule has 5 nitrogen and oxygen atoms in total. The van der Waals surface area contributed by atoms with E-state index in [1.807, 2.05) is 4.57 Å². The highest BCUT2D eigenvalue weighted by molar-refractivity contribution is 7.99. The molecule has 1 heterocycles. The van der Waals surface area contributed by atoms with Crippen LogP contribution in [0, 0.1) is 11.3 Å². The van der Waals surface area contributed by atoms with Crippen molar-refractivity contribution in [2.45, 2.75) is 37.4 Å². The largest absolute Gasteiger partial charge is 0.481 e. The predicted octanol–water partition coefficient (Wildman–Crippen LogP) is 1.65. The van der Waals surface area contributed by atoms with Gasteiger partial charge < -0.3 is 9.67 Å². The van der Waals surface area contributed by atoms with Gasteiger partial charge in [0.05, 0.1) is 5.75 Å². The van der Waals surface area contributed by atoms with Crippen LogP contribution in [0.1, 0.15) is 25.7 Å². The van der Waals surface area contributed by atoms with Crippen LogP contribution < -0.4 is 0 Å². The monoisotopic (exact) mass is 253 g/mol. The minimum atomic E-state index is -0.812. The number of aromatic nitrogens is 3. The van der Waals surface area contributed by atoms with Crippen LogP contribution in [-0.2, 0) is 11.3 Å². The van der Waals surface area contributed by atoms with Gasteiger partial charge in [0.1, 0.15) is 6.33 Å². The molecule has 17 heavy (non-hydrogen) atoms. The summed E-state index contributed by atoms with van der Waals surface area (Å²) < 4.78 is 2.03. The molecule has 0 spiro atoms. The van der Waals surface area contributed by atoms with E-state index in [-0.39, 0.29) is 5.75 Å². The van der Waals surface area contributed by atoms with Gasteiger partial charge in [0.2, 0.25) is 0 Å². The van der Waals surface area contributed by atoms with Crippen molar-refractivity contribution < 1.29 is 9.90 Å². The zero-order chi connectivity index (χ0) is 11.9. The smallest absolute Gasteiger partial charge is 0.313 e. The summed E-state index contributed by atoms with van der Waals surface area (Å²) >= 11 is 1.25. The number of nitrogens with zero attached hydrogens (tertiary/aromatic N) is 3. The number of carbonyl (C=O) groups is 1. The number of carboxylic acid groups (broad SMARTS) is 1. The van der Waals surface area contributed by atoms with Crippen LogP contribution in [0.2, 0.25) is 0 Å². The van der Waals surface area contributed by atoms with E-state index in [2.05, 4.69) is 10.2 Å². The Bertz CT molecular complexity index is 438. The van der Waals surface area contributed by atoms with Crippen LogP contribution in [0.15, 0.2) is 11.5 Å². The van der Waals surface area contributed by atoms with E-state index in [1.165, 1.54) is 37.4 Å². The fourth-order valence-corrected chi connectivity index (χ4v) is 3.12. The van der Waals surface area contributed by atoms with E-state index < -0.39 is 5.97 Å². The number of carboxylic acids is 1. The second-order valence-corrected chi connectivity index (χ2v) is 6.00. The quantitative estimate of drug-likeness (QED) is 0.781. The number of thioether (sulfide) groups is 1. The van der Waals surface area contributed by atoms with Crippen molar-refractivity contribution in [3.8, 4) is 0 Å². The minimum absolute atomic E-state index is 0.0507. The molecule has 1 aromatic heterocycles. The first-order chi connectivity index (χ1) is 8.20. The van der Waals surface area contributed by atoms with E-state index in [4.69, 9.17) is 5.11 Å². The fraction of sp³-hybridized carbons (Fsp3) is 0.727. The third-order valence-corrected chi connectivity index (χ3v) is 4.69. The molecule has 0 atom stereocenters. The first-order valence-electron chi connectivity index (χ1n) is 5.92. The summed E-state index contributed by atoms with van der Waals surface area (Å²) in [6.07, 6.45) is 7.06. The van der Waals surface area contributed by atoms with Gasteiger partial charge in [-0.3, -0.25) is 4.79 Å². The molecule has 0 bridgehead atoms. The van der Waals surface area contributed by atoms with Gasteiger partial charge in [-0.1, -0.05) is 11.8 Å². The van der Waals surface area contributed by atoms with Crippen molar-refractivity contribution in [1.29, 1.82) is 0 Å². The van der Waals surface area contributed by atoms with Gasteiger partial charge in [-0.2, -0.15) is 0 Å². The highest BCUT2D eigenvalue weighted by atomic mass is 32.2. The molecule has 2 saturated carbocycles. The highest BCUT2D eigenvalue weighted by Gasteiger charge is 2.53. The normalized spacial score (nSPS) is 21.4. The minimum Gasteiger partial charge on any atom is -0.481 e. The fourth-order valence-electron chi connectivity index (χ4n) is 2.48. The molecule has 1 N–H and O–H groups in total. The van der Waals surface area contributed by atoms with Gasteiger partial charge in [0.25, 0.3) is 0 Å². The topological polar surface area (TPSA) is 68.0 Å². The average molecular weight is 253 g/mol. The lowest BCUT2D eigenvalue weighted by molar-refractivity contribution is -0.133. The molecule has 0 saturated heterocycles. The molecule has 2 aliphatic carbocycles. The maximum Gasteiger partial charge on any atom is 0.313 e. The molecular weight excluding hydrogens is 238 g/mol. The Kier molecular flexibility index (Phi) is 2.61. The summed E-state index contributed by atoms with van der Waals surface area (Å²) in [5.74, 6) is 0.130. The van der Waals surface area contributed by atoms with Crippen LogP contribution in [0.4, 0.5) is 0 Å². The summed E-state index contributed by atoms with van der Waals surface area (Å²) in [6, 6.07) is 0. The van der Waals surface area contributed by atoms with E-state index in [1.54, 1.807) is 6.33 Å². The van der Waals surface area contributed by atoms with Gasteiger partial charge in [-0.25, -0.2) is 0 Å². The summed E-state index contributed by atoms with van der Waals surface area (Å²) in [7, 11) is 0. The second kappa shape index (κ2) is 4.01. The van der Waals surface area contributed by atoms with Crippen molar-refractivity contribution in [1.82, 2.24) is 14.8 Å². The molecule has 92 valence electrons. The first kappa shape index (κ1) is 11.1. The van der Waals surface area contributed by atoms with Crippen LogP contribution in [0.25, 0.3) is 0 Å². The molecule has 0 unspecified atom stereocenters. The molecular formula is C11H15N3O2S. The number of aliphatic carboxylic acids is 1. The summed E-state index contributed by atoms with van der Waals surface area (Å²) in [4.78, 5) is 10.5. The number of hydrogen-bond acceptors (Lipinski definition) is 4. The maximum atomic E-state index is 10.5. The summed E-state index contributed by atoms with van der Waals surface area (Å²) in [6.45, 7) is 0.965. The van der Waals surface area contributed by atoms with E-state index >= 15 is 0 Å². The lowest BCUT2D eigenvalue weighted by Crippen LogP contribution is -2.14. The Morgan fingerprint density at radius 1 is 1.59 bits per heavy atom. The molecule has 0 amide bonds. The first-order valence-corrected chi connectivity index (χ1v) is 6.91. The average Bonchev–Trinajstić information content (AvgIpc) is 3.15. The van der Waals surface area contributed by atoms with Crippen molar-refractivity contribution in [3.63, 3.8) is 0 Å². The standard InChI is InChI=1S/C11H15N3O2S/c15-9(16)5-17-10-13-12-7-14(10)6-11(3-4-11)8-1-2-8/h7-8H,1-6H2,(H,15,16). The lowest BCUT2D eigenvalue weighted by atomic mass is 10.0. The highest BCUT2D eigenvalue weighted by Crippen LogP contribution is 2.62. The molecule has 2 aliphatic rings. The maximum absolute atomic E-state index is 10.5. The molecule has 0 radical (unpaired) electrons.